The van der Waals surface area contributed by atoms with Crippen molar-refractivity contribution in [1.82, 2.24) is 5.43 Å². The Morgan fingerprint density at radius 1 is 1.44 bits per heavy atom. The van der Waals surface area contributed by atoms with Gasteiger partial charge >= 0.3 is 0 Å². The molecule has 2 atom stereocenters. The van der Waals surface area contributed by atoms with Gasteiger partial charge in [-0.05, 0) is 34.5 Å². The lowest BCUT2D eigenvalue weighted by atomic mass is 10.1. The Morgan fingerprint density at radius 2 is 2.11 bits per heavy atom. The molecule has 0 spiro atoms. The van der Waals surface area contributed by atoms with E-state index in [1.54, 1.807) is 11.8 Å². The van der Waals surface area contributed by atoms with E-state index in [-0.39, 0.29) is 10.0 Å². The van der Waals surface area contributed by atoms with Crippen molar-refractivity contribution in [3.63, 3.8) is 0 Å². The Labute approximate surface area is 119 Å². The molecular formula is C12H17BrF2N2S. The highest BCUT2D eigenvalue weighted by Crippen LogP contribution is 2.29. The van der Waals surface area contributed by atoms with Gasteiger partial charge in [0.25, 0.3) is 0 Å². The lowest BCUT2D eigenvalue weighted by molar-refractivity contribution is 0.497. The summed E-state index contributed by atoms with van der Waals surface area (Å²) < 4.78 is 27.9. The van der Waals surface area contributed by atoms with Crippen LogP contribution in [0.1, 0.15) is 31.9 Å². The molecule has 0 saturated heterocycles. The van der Waals surface area contributed by atoms with Crippen LogP contribution in [0.5, 0.6) is 0 Å². The van der Waals surface area contributed by atoms with Gasteiger partial charge in [0.05, 0.1) is 10.5 Å². The van der Waals surface area contributed by atoms with Crippen molar-refractivity contribution >= 4 is 27.7 Å². The van der Waals surface area contributed by atoms with Gasteiger partial charge in [-0.15, -0.1) is 0 Å². The number of hydrogen-bond acceptors (Lipinski definition) is 3. The van der Waals surface area contributed by atoms with Crippen molar-refractivity contribution < 1.29 is 8.78 Å². The van der Waals surface area contributed by atoms with E-state index in [1.807, 2.05) is 0 Å². The van der Waals surface area contributed by atoms with Gasteiger partial charge in [-0.3, -0.25) is 11.3 Å². The van der Waals surface area contributed by atoms with Crippen LogP contribution >= 0.6 is 27.7 Å². The normalized spacial score (nSPS) is 14.6. The van der Waals surface area contributed by atoms with Crippen molar-refractivity contribution in [3.8, 4) is 0 Å². The lowest BCUT2D eigenvalue weighted by Crippen LogP contribution is -2.31. The Kier molecular flexibility index (Phi) is 6.55. The molecule has 3 N–H and O–H groups in total. The van der Waals surface area contributed by atoms with Gasteiger partial charge in [0.2, 0.25) is 0 Å². The Morgan fingerprint density at radius 3 is 2.67 bits per heavy atom. The molecule has 1 aromatic rings. The zero-order chi connectivity index (χ0) is 13.7. The van der Waals surface area contributed by atoms with E-state index in [1.165, 1.54) is 12.1 Å². The topological polar surface area (TPSA) is 38.0 Å². The highest BCUT2D eigenvalue weighted by atomic mass is 79.9. The summed E-state index contributed by atoms with van der Waals surface area (Å²) in [6, 6.07) is 2.05. The minimum Gasteiger partial charge on any atom is -0.271 e. The SMILES string of the molecule is CCC(C)SCC(NN)c1c(F)ccc(Br)c1F. The number of hydrazine groups is 1. The minimum atomic E-state index is -0.595. The van der Waals surface area contributed by atoms with E-state index < -0.39 is 17.7 Å². The highest BCUT2D eigenvalue weighted by Gasteiger charge is 2.21. The van der Waals surface area contributed by atoms with Crippen LogP contribution in [0.2, 0.25) is 0 Å². The molecule has 2 nitrogen and oxygen atoms in total. The van der Waals surface area contributed by atoms with Crippen LogP contribution in [0, 0.1) is 11.6 Å². The van der Waals surface area contributed by atoms with Crippen LogP contribution in [-0.2, 0) is 0 Å². The summed E-state index contributed by atoms with van der Waals surface area (Å²) in [5, 5.41) is 0.430. The molecular weight excluding hydrogens is 322 g/mol. The summed E-state index contributed by atoms with van der Waals surface area (Å²) in [6.07, 6.45) is 1.01. The monoisotopic (exact) mass is 338 g/mol. The maximum absolute atomic E-state index is 13.9. The third kappa shape index (κ3) is 3.91. The van der Waals surface area contributed by atoms with Crippen LogP contribution in [0.3, 0.4) is 0 Å². The fourth-order valence-electron chi connectivity index (χ4n) is 1.46. The van der Waals surface area contributed by atoms with E-state index in [0.29, 0.717) is 11.0 Å². The zero-order valence-electron chi connectivity index (χ0n) is 10.3. The highest BCUT2D eigenvalue weighted by molar-refractivity contribution is 9.10. The molecule has 0 heterocycles. The first kappa shape index (κ1) is 15.9. The van der Waals surface area contributed by atoms with Gasteiger partial charge in [-0.1, -0.05) is 13.8 Å². The summed E-state index contributed by atoms with van der Waals surface area (Å²) in [7, 11) is 0. The molecule has 0 aliphatic carbocycles. The predicted octanol–water partition coefficient (Wildman–Crippen LogP) is 3.76. The first-order valence-corrected chi connectivity index (χ1v) is 7.56. The molecule has 2 unspecified atom stereocenters. The quantitative estimate of drug-likeness (QED) is 0.471. The third-order valence-electron chi connectivity index (χ3n) is 2.75. The summed E-state index contributed by atoms with van der Waals surface area (Å²) >= 11 is 4.69. The smallest absolute Gasteiger partial charge is 0.145 e. The van der Waals surface area contributed by atoms with Gasteiger partial charge < -0.3 is 0 Å². The van der Waals surface area contributed by atoms with E-state index in [2.05, 4.69) is 35.2 Å². The number of nitrogens with two attached hydrogens (primary N) is 1. The molecule has 1 rings (SSSR count). The fraction of sp³-hybridized carbons (Fsp3) is 0.500. The van der Waals surface area contributed by atoms with E-state index in [9.17, 15) is 8.78 Å². The van der Waals surface area contributed by atoms with E-state index in [4.69, 9.17) is 5.84 Å². The molecule has 0 bridgehead atoms. The summed E-state index contributed by atoms with van der Waals surface area (Å²) in [4.78, 5) is 0. The zero-order valence-corrected chi connectivity index (χ0v) is 12.7. The molecule has 0 amide bonds. The Hall–Kier alpha value is -0.170. The van der Waals surface area contributed by atoms with Gasteiger partial charge in [-0.25, -0.2) is 8.78 Å². The molecule has 18 heavy (non-hydrogen) atoms. The maximum atomic E-state index is 13.9. The average Bonchev–Trinajstić information content (AvgIpc) is 2.37. The van der Waals surface area contributed by atoms with Crippen molar-refractivity contribution in [2.45, 2.75) is 31.6 Å². The first-order valence-electron chi connectivity index (χ1n) is 5.72. The molecule has 0 aliphatic heterocycles. The second kappa shape index (κ2) is 7.43. The molecule has 0 saturated carbocycles. The van der Waals surface area contributed by atoms with Crippen molar-refractivity contribution in [2.24, 2.45) is 5.84 Å². The average molecular weight is 339 g/mol. The van der Waals surface area contributed by atoms with E-state index in [0.717, 1.165) is 6.42 Å². The van der Waals surface area contributed by atoms with Gasteiger partial charge in [-0.2, -0.15) is 11.8 Å². The van der Waals surface area contributed by atoms with Gasteiger partial charge in [0, 0.05) is 16.6 Å². The van der Waals surface area contributed by atoms with Crippen LogP contribution in [-0.4, -0.2) is 11.0 Å². The number of rotatable bonds is 6. The Balaban J connectivity index is 2.91. The molecule has 1 aromatic carbocycles. The standard InChI is InChI=1S/C12H17BrF2N2S/c1-3-7(2)18-6-10(17-16)11-9(14)5-4-8(13)12(11)15/h4-5,7,10,17H,3,6,16H2,1-2H3. The fourth-order valence-corrected chi connectivity index (χ4v) is 2.82. The summed E-state index contributed by atoms with van der Waals surface area (Å²) in [6.45, 7) is 4.15. The number of nitrogens with one attached hydrogen (secondary N) is 1. The van der Waals surface area contributed by atoms with Crippen molar-refractivity contribution in [2.75, 3.05) is 5.75 Å². The largest absolute Gasteiger partial charge is 0.271 e. The van der Waals surface area contributed by atoms with E-state index >= 15 is 0 Å². The van der Waals surface area contributed by atoms with Crippen LogP contribution in [0.4, 0.5) is 8.78 Å². The van der Waals surface area contributed by atoms with Crippen LogP contribution < -0.4 is 11.3 Å². The van der Waals surface area contributed by atoms with Gasteiger partial charge in [0.1, 0.15) is 11.6 Å². The molecule has 102 valence electrons. The second-order valence-electron chi connectivity index (χ2n) is 4.03. The van der Waals surface area contributed by atoms with Gasteiger partial charge in [0.15, 0.2) is 0 Å². The number of halogens is 3. The van der Waals surface area contributed by atoms with Crippen molar-refractivity contribution in [1.29, 1.82) is 0 Å². The van der Waals surface area contributed by atoms with Crippen LogP contribution in [0.15, 0.2) is 16.6 Å². The molecule has 6 heteroatoms. The number of thioether (sulfide) groups is 1. The third-order valence-corrected chi connectivity index (χ3v) is 4.79. The molecule has 0 fully saturated rings. The first-order chi connectivity index (χ1) is 8.51. The van der Waals surface area contributed by atoms with Crippen molar-refractivity contribution in [3.05, 3.63) is 33.8 Å². The lowest BCUT2D eigenvalue weighted by Gasteiger charge is -2.19. The number of hydrogen-bond donors (Lipinski definition) is 2. The maximum Gasteiger partial charge on any atom is 0.145 e. The second-order valence-corrected chi connectivity index (χ2v) is 6.35. The molecule has 0 aromatic heterocycles. The Bertz CT molecular complexity index is 404. The molecule has 0 radical (unpaired) electrons. The number of benzene rings is 1. The minimum absolute atomic E-state index is 0.0114. The summed E-state index contributed by atoms with van der Waals surface area (Å²) in [5.74, 6) is 4.76. The molecule has 0 aliphatic rings. The summed E-state index contributed by atoms with van der Waals surface area (Å²) in [5.41, 5.74) is 2.47. The van der Waals surface area contributed by atoms with Crippen LogP contribution in [0.25, 0.3) is 0 Å². The predicted molar refractivity (Wildman–Crippen MR) is 76.3 cm³/mol.